The van der Waals surface area contributed by atoms with Crippen molar-refractivity contribution < 1.29 is 28.2 Å². The molecule has 0 amide bonds. The van der Waals surface area contributed by atoms with Crippen molar-refractivity contribution in [3.8, 4) is 6.07 Å². The van der Waals surface area contributed by atoms with Crippen LogP contribution in [0.5, 0.6) is 0 Å². The predicted octanol–water partition coefficient (Wildman–Crippen LogP) is 5.85. The van der Waals surface area contributed by atoms with Gasteiger partial charge in [0.1, 0.15) is 0 Å². The number of hydrogen-bond donors (Lipinski definition) is 1. The number of alkyl halides is 2. The molecule has 7 heteroatoms. The van der Waals surface area contributed by atoms with Gasteiger partial charge in [0.05, 0.1) is 19.3 Å². The number of carboxylic acids is 1. The number of rotatable bonds is 11. The van der Waals surface area contributed by atoms with Crippen LogP contribution in [0.1, 0.15) is 84.5 Å². The minimum absolute atomic E-state index is 0.142. The van der Waals surface area contributed by atoms with E-state index in [1.54, 1.807) is 0 Å². The number of carbonyl (C=O) groups is 1. The van der Waals surface area contributed by atoms with Gasteiger partial charge in [-0.3, -0.25) is 0 Å². The topological polar surface area (TPSA) is 79.5 Å². The first kappa shape index (κ1) is 24.7. The zero-order valence-corrected chi connectivity index (χ0v) is 18.2. The van der Waals surface area contributed by atoms with Crippen LogP contribution in [-0.2, 0) is 14.3 Å². The zero-order valence-electron chi connectivity index (χ0n) is 18.2. The number of ether oxygens (including phenoxy) is 2. The van der Waals surface area contributed by atoms with E-state index in [1.807, 2.05) is 19.9 Å². The van der Waals surface area contributed by atoms with Gasteiger partial charge in [-0.1, -0.05) is 19.4 Å². The fourth-order valence-electron chi connectivity index (χ4n) is 4.46. The van der Waals surface area contributed by atoms with Gasteiger partial charge in [-0.2, -0.15) is 5.26 Å². The lowest BCUT2D eigenvalue weighted by molar-refractivity contribution is -0.183. The SMILES string of the molecule is CC1(C)CCC(C(CCC2OCCCO2)CC(F)(F)CCCCC#N)=C(C(=O)O)C1. The number of nitriles is 1. The molecule has 1 fully saturated rings. The fraction of sp³-hybridized carbons (Fsp3) is 0.826. The fourth-order valence-corrected chi connectivity index (χ4v) is 4.46. The second kappa shape index (κ2) is 11.2. The Labute approximate surface area is 178 Å². The third kappa shape index (κ3) is 7.96. The molecule has 2 rings (SSSR count). The highest BCUT2D eigenvalue weighted by Gasteiger charge is 2.38. The summed E-state index contributed by atoms with van der Waals surface area (Å²) in [6.45, 7) is 5.24. The molecule has 1 unspecified atom stereocenters. The average Bonchev–Trinajstić information content (AvgIpc) is 2.69. The maximum atomic E-state index is 14.8. The Kier molecular flexibility index (Phi) is 9.24. The summed E-state index contributed by atoms with van der Waals surface area (Å²) in [6, 6.07) is 1.98. The molecule has 0 spiro atoms. The van der Waals surface area contributed by atoms with E-state index in [1.165, 1.54) is 0 Å². The first-order valence-electron chi connectivity index (χ1n) is 11.1. The van der Waals surface area contributed by atoms with Crippen LogP contribution >= 0.6 is 0 Å². The molecule has 0 aromatic heterocycles. The van der Waals surface area contributed by atoms with E-state index in [0.717, 1.165) is 12.8 Å². The first-order chi connectivity index (χ1) is 14.1. The van der Waals surface area contributed by atoms with Crippen LogP contribution in [-0.4, -0.2) is 36.5 Å². The molecule has 1 saturated heterocycles. The van der Waals surface area contributed by atoms with Gasteiger partial charge in [0.15, 0.2) is 6.29 Å². The highest BCUT2D eigenvalue weighted by Crippen LogP contribution is 2.45. The highest BCUT2D eigenvalue weighted by atomic mass is 19.3. The van der Waals surface area contributed by atoms with Gasteiger partial charge in [-0.15, -0.1) is 0 Å². The molecule has 1 atom stereocenters. The van der Waals surface area contributed by atoms with Crippen LogP contribution in [0.15, 0.2) is 11.1 Å². The molecule has 30 heavy (non-hydrogen) atoms. The Morgan fingerprint density at radius 2 is 2.03 bits per heavy atom. The molecule has 0 aromatic carbocycles. The molecule has 0 saturated carbocycles. The molecule has 5 nitrogen and oxygen atoms in total. The molecule has 0 radical (unpaired) electrons. The maximum Gasteiger partial charge on any atom is 0.331 e. The van der Waals surface area contributed by atoms with Crippen LogP contribution in [0, 0.1) is 22.7 Å². The predicted molar refractivity (Wildman–Crippen MR) is 109 cm³/mol. The molecular formula is C23H35F2NO4. The summed E-state index contributed by atoms with van der Waals surface area (Å²) >= 11 is 0. The molecule has 0 aromatic rings. The Balaban J connectivity index is 2.16. The Hall–Kier alpha value is -1.52. The lowest BCUT2D eigenvalue weighted by atomic mass is 9.70. The van der Waals surface area contributed by atoms with Crippen molar-refractivity contribution in [2.24, 2.45) is 11.3 Å². The van der Waals surface area contributed by atoms with Crippen LogP contribution < -0.4 is 0 Å². The minimum atomic E-state index is -2.89. The van der Waals surface area contributed by atoms with Gasteiger partial charge in [-0.05, 0) is 62.7 Å². The van der Waals surface area contributed by atoms with E-state index in [2.05, 4.69) is 0 Å². The maximum absolute atomic E-state index is 14.8. The number of hydrogen-bond acceptors (Lipinski definition) is 4. The lowest BCUT2D eigenvalue weighted by Crippen LogP contribution is -2.30. The van der Waals surface area contributed by atoms with Crippen LogP contribution in [0.3, 0.4) is 0 Å². The van der Waals surface area contributed by atoms with Crippen molar-refractivity contribution in [3.63, 3.8) is 0 Å². The number of carboxylic acid groups (broad SMARTS) is 1. The van der Waals surface area contributed by atoms with Gasteiger partial charge in [0.2, 0.25) is 5.92 Å². The van der Waals surface area contributed by atoms with Crippen molar-refractivity contribution in [1.82, 2.24) is 0 Å². The van der Waals surface area contributed by atoms with Crippen molar-refractivity contribution in [1.29, 1.82) is 5.26 Å². The molecule has 1 N–H and O–H groups in total. The number of halogens is 2. The second-order valence-corrected chi connectivity index (χ2v) is 9.37. The number of unbranched alkanes of at least 4 members (excludes halogenated alkanes) is 2. The monoisotopic (exact) mass is 427 g/mol. The van der Waals surface area contributed by atoms with Gasteiger partial charge >= 0.3 is 5.97 Å². The van der Waals surface area contributed by atoms with Gasteiger partial charge in [0, 0.05) is 24.8 Å². The van der Waals surface area contributed by atoms with Crippen LogP contribution in [0.2, 0.25) is 0 Å². The molecular weight excluding hydrogens is 392 g/mol. The summed E-state index contributed by atoms with van der Waals surface area (Å²) in [7, 11) is 0. The van der Waals surface area contributed by atoms with Crippen molar-refractivity contribution in [3.05, 3.63) is 11.1 Å². The number of allylic oxidation sites excluding steroid dienone is 1. The zero-order chi connectivity index (χ0) is 22.2. The normalized spacial score (nSPS) is 21.3. The summed E-state index contributed by atoms with van der Waals surface area (Å²) in [4.78, 5) is 11.9. The van der Waals surface area contributed by atoms with Gasteiger partial charge in [-0.25, -0.2) is 13.6 Å². The lowest BCUT2D eigenvalue weighted by Gasteiger charge is -2.36. The van der Waals surface area contributed by atoms with Crippen LogP contribution in [0.25, 0.3) is 0 Å². The third-order valence-corrected chi connectivity index (χ3v) is 6.14. The van der Waals surface area contributed by atoms with E-state index in [4.69, 9.17) is 14.7 Å². The summed E-state index contributed by atoms with van der Waals surface area (Å²) < 4.78 is 40.7. The molecule has 2 aliphatic rings. The smallest absolute Gasteiger partial charge is 0.331 e. The second-order valence-electron chi connectivity index (χ2n) is 9.37. The Bertz CT molecular complexity index is 648. The molecule has 170 valence electrons. The van der Waals surface area contributed by atoms with Crippen molar-refractivity contribution in [2.75, 3.05) is 13.2 Å². The van der Waals surface area contributed by atoms with E-state index in [9.17, 15) is 18.7 Å². The molecule has 1 aliphatic carbocycles. The minimum Gasteiger partial charge on any atom is -0.478 e. The number of aliphatic carboxylic acids is 1. The Morgan fingerprint density at radius 3 is 2.67 bits per heavy atom. The van der Waals surface area contributed by atoms with Crippen molar-refractivity contribution in [2.45, 2.75) is 96.7 Å². The summed E-state index contributed by atoms with van der Waals surface area (Å²) in [5.74, 6) is -4.39. The number of nitrogens with zero attached hydrogens (tertiary/aromatic N) is 1. The highest BCUT2D eigenvalue weighted by molar-refractivity contribution is 5.88. The summed E-state index contributed by atoms with van der Waals surface area (Å²) in [5, 5.41) is 18.4. The van der Waals surface area contributed by atoms with Crippen molar-refractivity contribution >= 4 is 5.97 Å². The average molecular weight is 428 g/mol. The quantitative estimate of drug-likeness (QED) is 0.419. The molecule has 0 bridgehead atoms. The Morgan fingerprint density at radius 1 is 1.33 bits per heavy atom. The van der Waals surface area contributed by atoms with E-state index in [-0.39, 0.29) is 24.7 Å². The van der Waals surface area contributed by atoms with Gasteiger partial charge < -0.3 is 14.6 Å². The van der Waals surface area contributed by atoms with Gasteiger partial charge in [0.25, 0.3) is 0 Å². The van der Waals surface area contributed by atoms with E-state index < -0.39 is 24.1 Å². The molecule has 1 aliphatic heterocycles. The summed E-state index contributed by atoms with van der Waals surface area (Å²) in [6.07, 6.45) is 3.44. The largest absolute Gasteiger partial charge is 0.478 e. The van der Waals surface area contributed by atoms with E-state index in [0.29, 0.717) is 62.9 Å². The molecule has 1 heterocycles. The third-order valence-electron chi connectivity index (χ3n) is 6.14. The van der Waals surface area contributed by atoms with Crippen LogP contribution in [0.4, 0.5) is 8.78 Å². The standard InChI is InChI=1S/C23H35F2NO4/c1-22(2)11-9-18(19(16-22)21(27)28)17(7-8-20-29-13-6-14-30-20)15-23(24,25)10-4-3-5-12-26/h17,20H,3-11,13-16H2,1-2H3,(H,27,28). The first-order valence-corrected chi connectivity index (χ1v) is 11.1. The van der Waals surface area contributed by atoms with E-state index >= 15 is 0 Å². The summed E-state index contributed by atoms with van der Waals surface area (Å²) in [5.41, 5.74) is 0.841.